The van der Waals surface area contributed by atoms with E-state index in [-0.39, 0.29) is 49.0 Å². The van der Waals surface area contributed by atoms with Crippen molar-refractivity contribution in [1.29, 1.82) is 0 Å². The number of alkyl halides is 2. The zero-order valence-electron chi connectivity index (χ0n) is 35.8. The van der Waals surface area contributed by atoms with E-state index >= 15 is 0 Å². The van der Waals surface area contributed by atoms with Crippen LogP contribution in [0.1, 0.15) is 93.2 Å². The summed E-state index contributed by atoms with van der Waals surface area (Å²) in [5, 5.41) is 11.2. The molecule has 19 heteroatoms. The number of nitrogens with zero attached hydrogens (tertiary/aromatic N) is 7. The molecule has 5 saturated heterocycles. The number of benzene rings is 1. The van der Waals surface area contributed by atoms with Crippen molar-refractivity contribution >= 4 is 35.3 Å². The lowest BCUT2D eigenvalue weighted by molar-refractivity contribution is -0.136. The van der Waals surface area contributed by atoms with Crippen LogP contribution in [0, 0.1) is 23.7 Å². The minimum Gasteiger partial charge on any atom is -0.439 e. The van der Waals surface area contributed by atoms with E-state index in [4.69, 9.17) is 19.2 Å². The van der Waals surface area contributed by atoms with E-state index in [9.17, 15) is 28.0 Å². The van der Waals surface area contributed by atoms with Gasteiger partial charge in [-0.25, -0.2) is 24.0 Å². The number of likely N-dealkylation sites (tertiary alicyclic amines) is 1. The molecule has 6 aliphatic heterocycles. The van der Waals surface area contributed by atoms with Crippen LogP contribution in [0.15, 0.2) is 47.7 Å². The zero-order valence-corrected chi connectivity index (χ0v) is 35.8. The Morgan fingerprint density at radius 2 is 1.78 bits per heavy atom. The summed E-state index contributed by atoms with van der Waals surface area (Å²) < 4.78 is 47.4. The smallest absolute Gasteiger partial charge is 0.411 e. The maximum absolute atomic E-state index is 14.3. The molecule has 4 amide bonds. The molecule has 4 atom stereocenters. The van der Waals surface area contributed by atoms with Gasteiger partial charge in [0.1, 0.15) is 24.1 Å². The van der Waals surface area contributed by atoms with Crippen molar-refractivity contribution in [3.05, 3.63) is 59.6 Å². The SMILES string of the molecule is O=C1CCC(N2C[C@@H](c3ccc(C#CCCOC4CCN(C[C@H]5CC[C@H](n6cc(NC(=O)C7CNN8C=CC(N9CCOCC9)=NC78)c(C(F)F)n6)CC5)CC4)cc3)OC2=O)C(=O)N1. The number of piperidine rings is 2. The number of hydrogen-bond donors (Lipinski definition) is 3. The van der Waals surface area contributed by atoms with Gasteiger partial charge in [-0.15, -0.1) is 0 Å². The number of nitrogens with one attached hydrogen (secondary N) is 3. The summed E-state index contributed by atoms with van der Waals surface area (Å²) in [5.74, 6) is 5.96. The molecule has 342 valence electrons. The van der Waals surface area contributed by atoms with Gasteiger partial charge in [0.25, 0.3) is 6.43 Å². The Hall–Kier alpha value is -5.42. The third-order valence-electron chi connectivity index (χ3n) is 13.4. The molecule has 7 heterocycles. The number of rotatable bonds is 11. The molecule has 1 saturated carbocycles. The van der Waals surface area contributed by atoms with E-state index in [1.54, 1.807) is 15.9 Å². The normalized spacial score (nSPS) is 27.8. The largest absolute Gasteiger partial charge is 0.439 e. The van der Waals surface area contributed by atoms with Gasteiger partial charge in [-0.2, -0.15) is 5.10 Å². The second-order valence-corrected chi connectivity index (χ2v) is 17.6. The van der Waals surface area contributed by atoms with Crippen molar-refractivity contribution in [1.82, 2.24) is 40.2 Å². The molecule has 0 radical (unpaired) electrons. The topological polar surface area (TPSA) is 175 Å². The number of ether oxygens (including phenoxy) is 3. The molecule has 2 aromatic rings. The molecule has 0 bridgehead atoms. The number of imide groups is 1. The third-order valence-corrected chi connectivity index (χ3v) is 13.4. The molecule has 9 rings (SSSR count). The number of fused-ring (bicyclic) bond motifs is 1. The first kappa shape index (κ1) is 43.8. The number of aromatic nitrogens is 2. The maximum atomic E-state index is 14.3. The van der Waals surface area contributed by atoms with E-state index in [1.165, 1.54) is 4.90 Å². The molecule has 1 aliphatic carbocycles. The molecule has 1 aromatic heterocycles. The number of cyclic esters (lactones) is 1. The highest BCUT2D eigenvalue weighted by Gasteiger charge is 2.43. The first-order valence-electron chi connectivity index (χ1n) is 22.7. The van der Waals surface area contributed by atoms with Crippen molar-refractivity contribution in [2.45, 2.75) is 94.7 Å². The lowest BCUT2D eigenvalue weighted by Gasteiger charge is -2.36. The lowest BCUT2D eigenvalue weighted by Crippen LogP contribution is -2.52. The van der Waals surface area contributed by atoms with Crippen LogP contribution >= 0.6 is 0 Å². The Balaban J connectivity index is 0.675. The second kappa shape index (κ2) is 19.8. The highest BCUT2D eigenvalue weighted by Crippen LogP contribution is 2.36. The number of hydrogen-bond acceptors (Lipinski definition) is 13. The van der Waals surface area contributed by atoms with Crippen LogP contribution in [0.4, 0.5) is 19.3 Å². The summed E-state index contributed by atoms with van der Waals surface area (Å²) in [7, 11) is 0. The number of morpholine rings is 1. The molecule has 1 aromatic carbocycles. The standard InChI is InChI=1S/C45H56F2N10O7/c46-41(47)40-35(49-43(59)34-25-48-56-19-16-38(50-42(34)56)54-20-23-62-24-21-54)27-57(52-40)32-10-6-30(7-11-32)26-53-17-14-33(15-18-53)63-22-2-1-3-29-4-8-31(9-5-29)37-28-55(45(61)64-37)36-12-13-39(58)51-44(36)60/h4-5,8-9,16,19,27,30,32-34,36-37,41-42,48H,2,6-7,10-15,17-18,20-26,28H2,(H,49,59)(H,51,58,60)/t30-,32-,34?,36?,37-,42?/m0/s1. The highest BCUT2D eigenvalue weighted by molar-refractivity contribution is 6.01. The van der Waals surface area contributed by atoms with E-state index in [1.807, 2.05) is 36.5 Å². The average Bonchev–Trinajstić information content (AvgIpc) is 4.04. The number of anilines is 1. The van der Waals surface area contributed by atoms with Gasteiger partial charge in [0.05, 0.1) is 50.1 Å². The molecule has 3 N–H and O–H groups in total. The fourth-order valence-corrected chi connectivity index (χ4v) is 9.82. The summed E-state index contributed by atoms with van der Waals surface area (Å²) in [6, 6.07) is 6.83. The van der Waals surface area contributed by atoms with Crippen molar-refractivity contribution in [2.75, 3.05) is 71.0 Å². The Bertz CT molecular complexity index is 2150. The third kappa shape index (κ3) is 10.1. The number of amidine groups is 1. The summed E-state index contributed by atoms with van der Waals surface area (Å²) >= 11 is 0. The Morgan fingerprint density at radius 1 is 1.00 bits per heavy atom. The molecule has 17 nitrogen and oxygen atoms in total. The molecule has 64 heavy (non-hydrogen) atoms. The molecule has 6 fully saturated rings. The van der Waals surface area contributed by atoms with Crippen molar-refractivity contribution in [3.8, 4) is 11.8 Å². The summed E-state index contributed by atoms with van der Waals surface area (Å²) in [6.45, 7) is 6.75. The number of carbonyl (C=O) groups excluding carboxylic acids is 4. The molecule has 7 aliphatic rings. The van der Waals surface area contributed by atoms with Crippen LogP contribution in [0.25, 0.3) is 0 Å². The highest BCUT2D eigenvalue weighted by atomic mass is 19.3. The van der Waals surface area contributed by atoms with Crippen molar-refractivity contribution in [2.24, 2.45) is 16.8 Å². The van der Waals surface area contributed by atoms with E-state index in [0.717, 1.165) is 88.2 Å². The van der Waals surface area contributed by atoms with Gasteiger partial charge < -0.3 is 29.3 Å². The van der Waals surface area contributed by atoms with Crippen LogP contribution in [0.5, 0.6) is 0 Å². The van der Waals surface area contributed by atoms with E-state index < -0.39 is 48.3 Å². The molecule has 3 unspecified atom stereocenters. The first-order chi connectivity index (χ1) is 31.1. The Morgan fingerprint density at radius 3 is 2.53 bits per heavy atom. The van der Waals surface area contributed by atoms with E-state index in [0.29, 0.717) is 38.7 Å². The Labute approximate surface area is 370 Å². The summed E-state index contributed by atoms with van der Waals surface area (Å²) in [6.07, 6.45) is 7.85. The first-order valence-corrected chi connectivity index (χ1v) is 22.7. The fourth-order valence-electron chi connectivity index (χ4n) is 9.82. The fraction of sp³-hybridized carbons (Fsp3) is 0.600. The predicted molar refractivity (Wildman–Crippen MR) is 228 cm³/mol. The average molecular weight is 887 g/mol. The number of amides is 4. The van der Waals surface area contributed by atoms with Crippen molar-refractivity contribution < 1.29 is 42.2 Å². The lowest BCUT2D eigenvalue weighted by atomic mass is 9.85. The monoisotopic (exact) mass is 886 g/mol. The summed E-state index contributed by atoms with van der Waals surface area (Å²) in [4.78, 5) is 60.7. The quantitative estimate of drug-likeness (QED) is 0.170. The Kier molecular flexibility index (Phi) is 13.5. The number of halogens is 2. The van der Waals surface area contributed by atoms with Gasteiger partial charge in [0.15, 0.2) is 5.69 Å². The molecular formula is C45H56F2N10O7. The minimum atomic E-state index is -2.82. The van der Waals surface area contributed by atoms with Gasteiger partial charge in [0, 0.05) is 70.1 Å². The molecular weight excluding hydrogens is 831 g/mol. The minimum absolute atomic E-state index is 0.00716. The van der Waals surface area contributed by atoms with Gasteiger partial charge in [-0.05, 0) is 74.6 Å². The van der Waals surface area contributed by atoms with Gasteiger partial charge >= 0.3 is 6.09 Å². The van der Waals surface area contributed by atoms with Gasteiger partial charge in [-0.1, -0.05) is 24.0 Å². The van der Waals surface area contributed by atoms with Gasteiger partial charge in [-0.3, -0.25) is 34.3 Å². The molecule has 0 spiro atoms. The number of carbonyl (C=O) groups is 4. The number of hydrazine groups is 1. The van der Waals surface area contributed by atoms with Crippen LogP contribution in [0.2, 0.25) is 0 Å². The second-order valence-electron chi connectivity index (χ2n) is 17.6. The van der Waals surface area contributed by atoms with Crippen LogP contribution in [-0.4, -0.2) is 143 Å². The van der Waals surface area contributed by atoms with Gasteiger partial charge in [0.2, 0.25) is 17.7 Å². The van der Waals surface area contributed by atoms with Crippen LogP contribution in [-0.2, 0) is 28.6 Å². The predicted octanol–water partition coefficient (Wildman–Crippen LogP) is 3.73. The summed E-state index contributed by atoms with van der Waals surface area (Å²) in [5.41, 5.74) is 4.51. The maximum Gasteiger partial charge on any atom is 0.411 e. The van der Waals surface area contributed by atoms with Crippen LogP contribution < -0.4 is 16.1 Å². The van der Waals surface area contributed by atoms with Crippen LogP contribution in [0.3, 0.4) is 0 Å². The zero-order chi connectivity index (χ0) is 44.2. The van der Waals surface area contributed by atoms with Crippen molar-refractivity contribution in [3.63, 3.8) is 0 Å². The van der Waals surface area contributed by atoms with E-state index in [2.05, 4.69) is 42.8 Å². The number of aliphatic imine (C=N–C) groups is 1.